The molecule has 1 rings (SSSR count). The maximum Gasteiger partial charge on any atom is 0.317 e. The summed E-state index contributed by atoms with van der Waals surface area (Å²) in [4.78, 5) is 10.2. The molecule has 2 N–H and O–H groups in total. The van der Waals surface area contributed by atoms with Crippen LogP contribution in [0.1, 0.15) is 5.56 Å². The number of hydrogen-bond acceptors (Lipinski definition) is 2. The van der Waals surface area contributed by atoms with Crippen molar-refractivity contribution in [1.29, 1.82) is 0 Å². The molecule has 0 fully saturated rings. The van der Waals surface area contributed by atoms with Crippen LogP contribution in [0.3, 0.4) is 0 Å². The SMILES string of the molecule is O=C(O)CNCc1cc(Br)ccc1Cl. The Morgan fingerprint density at radius 3 is 2.93 bits per heavy atom. The normalized spacial score (nSPS) is 10.1. The van der Waals surface area contributed by atoms with Crippen molar-refractivity contribution >= 4 is 33.5 Å². The Hall–Kier alpha value is -0.580. The Bertz CT molecular complexity index is 344. The van der Waals surface area contributed by atoms with E-state index in [-0.39, 0.29) is 6.54 Å². The lowest BCUT2D eigenvalue weighted by atomic mass is 10.2. The lowest BCUT2D eigenvalue weighted by molar-refractivity contribution is -0.135. The maximum absolute atomic E-state index is 10.2. The second-order valence-corrected chi connectivity index (χ2v) is 4.06. The van der Waals surface area contributed by atoms with E-state index in [9.17, 15) is 4.79 Å². The second-order valence-electron chi connectivity index (χ2n) is 2.73. The first-order chi connectivity index (χ1) is 6.59. The number of hydrogen-bond donors (Lipinski definition) is 2. The molecule has 0 saturated heterocycles. The van der Waals surface area contributed by atoms with E-state index >= 15 is 0 Å². The van der Waals surface area contributed by atoms with E-state index in [1.807, 2.05) is 12.1 Å². The summed E-state index contributed by atoms with van der Waals surface area (Å²) in [5, 5.41) is 11.8. The fraction of sp³-hybridized carbons (Fsp3) is 0.222. The molecule has 1 aromatic rings. The Labute approximate surface area is 95.2 Å². The molecule has 0 amide bonds. The number of carboxylic acid groups (broad SMARTS) is 1. The predicted molar refractivity (Wildman–Crippen MR) is 58.5 cm³/mol. The Morgan fingerprint density at radius 2 is 2.29 bits per heavy atom. The van der Waals surface area contributed by atoms with Crippen molar-refractivity contribution in [2.24, 2.45) is 0 Å². The van der Waals surface area contributed by atoms with Gasteiger partial charge < -0.3 is 10.4 Å². The molecular weight excluding hydrogens is 269 g/mol. The van der Waals surface area contributed by atoms with Crippen LogP contribution in [0.2, 0.25) is 5.02 Å². The maximum atomic E-state index is 10.2. The topological polar surface area (TPSA) is 49.3 Å². The molecule has 0 radical (unpaired) electrons. The molecule has 0 aliphatic heterocycles. The number of carboxylic acids is 1. The van der Waals surface area contributed by atoms with Gasteiger partial charge in [0.2, 0.25) is 0 Å². The average molecular weight is 279 g/mol. The van der Waals surface area contributed by atoms with E-state index in [1.54, 1.807) is 6.07 Å². The van der Waals surface area contributed by atoms with Crippen molar-refractivity contribution in [1.82, 2.24) is 5.32 Å². The fourth-order valence-corrected chi connectivity index (χ4v) is 1.58. The lowest BCUT2D eigenvalue weighted by Gasteiger charge is -2.05. The van der Waals surface area contributed by atoms with Gasteiger partial charge in [-0.2, -0.15) is 0 Å². The van der Waals surface area contributed by atoms with E-state index in [1.165, 1.54) is 0 Å². The summed E-state index contributed by atoms with van der Waals surface area (Å²) in [5.41, 5.74) is 0.877. The molecule has 0 bridgehead atoms. The Kier molecular flexibility index (Phi) is 4.38. The number of nitrogens with one attached hydrogen (secondary N) is 1. The summed E-state index contributed by atoms with van der Waals surface area (Å²) < 4.78 is 0.925. The van der Waals surface area contributed by atoms with E-state index in [0.717, 1.165) is 10.0 Å². The van der Waals surface area contributed by atoms with Gasteiger partial charge in [0.05, 0.1) is 6.54 Å². The predicted octanol–water partition coefficient (Wildman–Crippen LogP) is 2.28. The van der Waals surface area contributed by atoms with Gasteiger partial charge >= 0.3 is 5.97 Å². The molecule has 0 atom stereocenters. The number of benzene rings is 1. The van der Waals surface area contributed by atoms with E-state index < -0.39 is 5.97 Å². The van der Waals surface area contributed by atoms with Crippen LogP contribution in [0.15, 0.2) is 22.7 Å². The quantitative estimate of drug-likeness (QED) is 0.888. The molecule has 14 heavy (non-hydrogen) atoms. The molecule has 5 heteroatoms. The molecule has 0 aliphatic rings. The standard InChI is InChI=1S/C9H9BrClNO2/c10-7-1-2-8(11)6(3-7)4-12-5-9(13)14/h1-3,12H,4-5H2,(H,13,14). The van der Waals surface area contributed by atoms with Gasteiger partial charge in [-0.15, -0.1) is 0 Å². The van der Waals surface area contributed by atoms with Crippen molar-refractivity contribution in [3.05, 3.63) is 33.3 Å². The zero-order valence-electron chi connectivity index (χ0n) is 7.26. The summed E-state index contributed by atoms with van der Waals surface area (Å²) in [6.45, 7) is 0.382. The van der Waals surface area contributed by atoms with Crippen LogP contribution >= 0.6 is 27.5 Å². The highest BCUT2D eigenvalue weighted by molar-refractivity contribution is 9.10. The summed E-state index contributed by atoms with van der Waals surface area (Å²) in [5.74, 6) is -0.879. The van der Waals surface area contributed by atoms with E-state index in [2.05, 4.69) is 21.2 Å². The molecule has 1 aromatic carbocycles. The Balaban J connectivity index is 2.57. The van der Waals surface area contributed by atoms with Gasteiger partial charge in [-0.25, -0.2) is 0 Å². The van der Waals surface area contributed by atoms with Crippen molar-refractivity contribution in [2.75, 3.05) is 6.54 Å². The molecule has 76 valence electrons. The zero-order chi connectivity index (χ0) is 10.6. The molecular formula is C9H9BrClNO2. The first-order valence-corrected chi connectivity index (χ1v) is 5.13. The number of halogens is 2. The van der Waals surface area contributed by atoms with Gasteiger partial charge in [-0.1, -0.05) is 27.5 Å². The van der Waals surface area contributed by atoms with Crippen LogP contribution in [0.5, 0.6) is 0 Å². The summed E-state index contributed by atoms with van der Waals surface area (Å²) in [6.07, 6.45) is 0. The highest BCUT2D eigenvalue weighted by Crippen LogP contribution is 2.20. The minimum absolute atomic E-state index is 0.0666. The van der Waals surface area contributed by atoms with Crippen LogP contribution in [-0.2, 0) is 11.3 Å². The lowest BCUT2D eigenvalue weighted by Crippen LogP contribution is -2.21. The molecule has 0 spiro atoms. The molecule has 0 saturated carbocycles. The van der Waals surface area contributed by atoms with E-state index in [4.69, 9.17) is 16.7 Å². The summed E-state index contributed by atoms with van der Waals surface area (Å²) >= 11 is 9.22. The number of aliphatic carboxylic acids is 1. The fourth-order valence-electron chi connectivity index (χ4n) is 0.983. The Morgan fingerprint density at radius 1 is 1.57 bits per heavy atom. The van der Waals surface area contributed by atoms with Crippen molar-refractivity contribution in [2.45, 2.75) is 6.54 Å². The van der Waals surface area contributed by atoms with Crippen molar-refractivity contribution < 1.29 is 9.90 Å². The first kappa shape index (κ1) is 11.5. The monoisotopic (exact) mass is 277 g/mol. The molecule has 0 heterocycles. The van der Waals surface area contributed by atoms with Gasteiger partial charge in [-0.05, 0) is 23.8 Å². The molecule has 0 unspecified atom stereocenters. The molecule has 0 aromatic heterocycles. The second kappa shape index (κ2) is 5.34. The van der Waals surface area contributed by atoms with Gasteiger partial charge in [0.15, 0.2) is 0 Å². The van der Waals surface area contributed by atoms with Gasteiger partial charge in [0, 0.05) is 16.0 Å². The van der Waals surface area contributed by atoms with Crippen LogP contribution in [0.4, 0.5) is 0 Å². The van der Waals surface area contributed by atoms with Crippen molar-refractivity contribution in [3.8, 4) is 0 Å². The van der Waals surface area contributed by atoms with E-state index in [0.29, 0.717) is 11.6 Å². The van der Waals surface area contributed by atoms with Crippen LogP contribution in [0, 0.1) is 0 Å². The molecule has 3 nitrogen and oxygen atoms in total. The first-order valence-electron chi connectivity index (χ1n) is 3.96. The van der Waals surface area contributed by atoms with Gasteiger partial charge in [0.1, 0.15) is 0 Å². The number of rotatable bonds is 4. The minimum Gasteiger partial charge on any atom is -0.480 e. The molecule has 0 aliphatic carbocycles. The summed E-state index contributed by atoms with van der Waals surface area (Å²) in [7, 11) is 0. The third-order valence-electron chi connectivity index (χ3n) is 1.60. The van der Waals surface area contributed by atoms with Crippen molar-refractivity contribution in [3.63, 3.8) is 0 Å². The zero-order valence-corrected chi connectivity index (χ0v) is 9.60. The highest BCUT2D eigenvalue weighted by Gasteiger charge is 2.01. The third kappa shape index (κ3) is 3.65. The van der Waals surface area contributed by atoms with Gasteiger partial charge in [-0.3, -0.25) is 4.79 Å². The minimum atomic E-state index is -0.879. The van der Waals surface area contributed by atoms with Gasteiger partial charge in [0.25, 0.3) is 0 Å². The number of carbonyl (C=O) groups is 1. The summed E-state index contributed by atoms with van der Waals surface area (Å²) in [6, 6.07) is 5.46. The van der Waals surface area contributed by atoms with Crippen LogP contribution in [-0.4, -0.2) is 17.6 Å². The smallest absolute Gasteiger partial charge is 0.317 e. The van der Waals surface area contributed by atoms with Crippen LogP contribution < -0.4 is 5.32 Å². The largest absolute Gasteiger partial charge is 0.480 e. The highest BCUT2D eigenvalue weighted by atomic mass is 79.9. The third-order valence-corrected chi connectivity index (χ3v) is 2.46. The average Bonchev–Trinajstić information content (AvgIpc) is 2.10. The van der Waals surface area contributed by atoms with Crippen LogP contribution in [0.25, 0.3) is 0 Å².